The fourth-order valence-electron chi connectivity index (χ4n) is 2.33. The molecule has 1 aromatic carbocycles. The van der Waals surface area contributed by atoms with Gasteiger partial charge in [-0.3, -0.25) is 10.1 Å². The Hall–Kier alpha value is -1.72. The van der Waals surface area contributed by atoms with Crippen molar-refractivity contribution in [2.75, 3.05) is 19.6 Å². The van der Waals surface area contributed by atoms with Gasteiger partial charge in [-0.15, -0.1) is 0 Å². The van der Waals surface area contributed by atoms with Gasteiger partial charge in [0.05, 0.1) is 15.4 Å². The lowest BCUT2D eigenvalue weighted by atomic mass is 10.2. The van der Waals surface area contributed by atoms with Crippen LogP contribution in [-0.2, 0) is 16.2 Å². The Bertz CT molecular complexity index is 721. The minimum Gasteiger partial charge on any atom is -0.312 e. The molecule has 11 heteroatoms. The van der Waals surface area contributed by atoms with E-state index >= 15 is 0 Å². The molecule has 1 aliphatic heterocycles. The molecule has 0 radical (unpaired) electrons. The van der Waals surface area contributed by atoms with E-state index in [1.54, 1.807) is 6.92 Å². The molecule has 1 saturated heterocycles. The molecule has 0 spiro atoms. The molecule has 0 amide bonds. The van der Waals surface area contributed by atoms with E-state index in [2.05, 4.69) is 5.32 Å². The van der Waals surface area contributed by atoms with Gasteiger partial charge in [0.2, 0.25) is 10.0 Å². The summed E-state index contributed by atoms with van der Waals surface area (Å²) in [5.41, 5.74) is -2.34. The summed E-state index contributed by atoms with van der Waals surface area (Å²) >= 11 is 0. The maximum absolute atomic E-state index is 13.1. The number of rotatable bonds is 3. The van der Waals surface area contributed by atoms with E-state index in [1.807, 2.05) is 0 Å². The van der Waals surface area contributed by atoms with Gasteiger partial charge in [-0.25, -0.2) is 8.42 Å². The van der Waals surface area contributed by atoms with E-state index in [0.717, 1.165) is 10.4 Å². The SMILES string of the molecule is CC1CN(S(=O)(=O)c2ccc([N+](=O)[O-])cc2C(F)(F)F)CCN1. The van der Waals surface area contributed by atoms with E-state index in [0.29, 0.717) is 12.6 Å². The molecule has 1 aliphatic rings. The number of hydrogen-bond donors (Lipinski definition) is 1. The Morgan fingerprint density at radius 3 is 2.57 bits per heavy atom. The number of sulfonamides is 1. The molecule has 23 heavy (non-hydrogen) atoms. The minimum absolute atomic E-state index is 0.0244. The van der Waals surface area contributed by atoms with Crippen LogP contribution in [0, 0.1) is 10.1 Å². The number of piperazine rings is 1. The third kappa shape index (κ3) is 3.62. The van der Waals surface area contributed by atoms with Crippen molar-refractivity contribution < 1.29 is 26.5 Å². The summed E-state index contributed by atoms with van der Waals surface area (Å²) in [6.45, 7) is 2.08. The first-order valence-electron chi connectivity index (χ1n) is 6.62. The van der Waals surface area contributed by atoms with Crippen molar-refractivity contribution in [2.45, 2.75) is 24.0 Å². The molecule has 1 fully saturated rings. The van der Waals surface area contributed by atoms with Crippen molar-refractivity contribution in [1.29, 1.82) is 0 Å². The molecule has 0 bridgehead atoms. The number of halogens is 3. The molecule has 0 aromatic heterocycles. The molecule has 128 valence electrons. The molecule has 7 nitrogen and oxygen atoms in total. The van der Waals surface area contributed by atoms with Gasteiger partial charge in [0.1, 0.15) is 0 Å². The molecular weight excluding hydrogens is 339 g/mol. The number of nitro groups is 1. The van der Waals surface area contributed by atoms with Crippen LogP contribution in [0.1, 0.15) is 12.5 Å². The summed E-state index contributed by atoms with van der Waals surface area (Å²) in [4.78, 5) is 8.69. The maximum atomic E-state index is 13.1. The summed E-state index contributed by atoms with van der Waals surface area (Å²) in [5, 5.41) is 13.6. The molecule has 1 heterocycles. The molecular formula is C12H14F3N3O4S. The largest absolute Gasteiger partial charge is 0.417 e. The van der Waals surface area contributed by atoms with Gasteiger partial charge in [0.15, 0.2) is 0 Å². The zero-order chi connectivity index (χ0) is 17.4. The van der Waals surface area contributed by atoms with E-state index in [-0.39, 0.29) is 25.2 Å². The lowest BCUT2D eigenvalue weighted by Gasteiger charge is -2.31. The van der Waals surface area contributed by atoms with Crippen molar-refractivity contribution in [3.05, 3.63) is 33.9 Å². The summed E-state index contributed by atoms with van der Waals surface area (Å²) in [6, 6.07) is 1.45. The Morgan fingerprint density at radius 1 is 1.39 bits per heavy atom. The summed E-state index contributed by atoms with van der Waals surface area (Å²) in [7, 11) is -4.40. The van der Waals surface area contributed by atoms with Crippen LogP contribution in [0.2, 0.25) is 0 Å². The highest BCUT2D eigenvalue weighted by molar-refractivity contribution is 7.89. The second-order valence-corrected chi connectivity index (χ2v) is 7.06. The molecule has 1 atom stereocenters. The first-order valence-corrected chi connectivity index (χ1v) is 8.06. The lowest BCUT2D eigenvalue weighted by Crippen LogP contribution is -2.51. The van der Waals surface area contributed by atoms with Gasteiger partial charge in [0.25, 0.3) is 5.69 Å². The predicted octanol–water partition coefficient (Wildman–Crippen LogP) is 1.60. The summed E-state index contributed by atoms with van der Waals surface area (Å²) < 4.78 is 65.4. The highest BCUT2D eigenvalue weighted by Crippen LogP contribution is 2.37. The zero-order valence-electron chi connectivity index (χ0n) is 12.0. The first kappa shape index (κ1) is 17.6. The van der Waals surface area contributed by atoms with Gasteiger partial charge in [-0.2, -0.15) is 17.5 Å². The number of nitro benzene ring substituents is 1. The van der Waals surface area contributed by atoms with Crippen molar-refractivity contribution in [3.63, 3.8) is 0 Å². The standard InChI is InChI=1S/C12H14F3N3O4S/c1-8-7-17(5-4-16-8)23(21,22)11-3-2-9(18(19)20)6-10(11)12(13,14)15/h2-3,6,8,16H,4-5,7H2,1H3. The van der Waals surface area contributed by atoms with E-state index in [1.165, 1.54) is 0 Å². The smallest absolute Gasteiger partial charge is 0.312 e. The highest BCUT2D eigenvalue weighted by atomic mass is 32.2. The number of alkyl halides is 3. The Morgan fingerprint density at radius 2 is 2.04 bits per heavy atom. The molecule has 1 aromatic rings. The third-order valence-electron chi connectivity index (χ3n) is 3.43. The number of benzene rings is 1. The van der Waals surface area contributed by atoms with Gasteiger partial charge in [0, 0.05) is 37.8 Å². The number of nitrogens with zero attached hydrogens (tertiary/aromatic N) is 2. The predicted molar refractivity (Wildman–Crippen MR) is 74.3 cm³/mol. The third-order valence-corrected chi connectivity index (χ3v) is 5.35. The average Bonchev–Trinajstić information content (AvgIpc) is 2.45. The molecule has 1 unspecified atom stereocenters. The normalized spacial score (nSPS) is 20.4. The van der Waals surface area contributed by atoms with Crippen molar-refractivity contribution in [2.24, 2.45) is 0 Å². The molecule has 0 aliphatic carbocycles. The highest BCUT2D eigenvalue weighted by Gasteiger charge is 2.41. The van der Waals surface area contributed by atoms with Crippen LogP contribution in [0.3, 0.4) is 0 Å². The van der Waals surface area contributed by atoms with E-state index in [9.17, 15) is 31.7 Å². The number of non-ortho nitro benzene ring substituents is 1. The maximum Gasteiger partial charge on any atom is 0.417 e. The van der Waals surface area contributed by atoms with Crippen LogP contribution in [0.15, 0.2) is 23.1 Å². The van der Waals surface area contributed by atoms with Crippen LogP contribution >= 0.6 is 0 Å². The number of nitrogens with one attached hydrogen (secondary N) is 1. The van der Waals surface area contributed by atoms with Gasteiger partial charge < -0.3 is 5.32 Å². The van der Waals surface area contributed by atoms with Gasteiger partial charge in [-0.1, -0.05) is 0 Å². The van der Waals surface area contributed by atoms with Crippen molar-refractivity contribution in [3.8, 4) is 0 Å². The van der Waals surface area contributed by atoms with Crippen LogP contribution < -0.4 is 5.32 Å². The van der Waals surface area contributed by atoms with Crippen LogP contribution in [0.5, 0.6) is 0 Å². The van der Waals surface area contributed by atoms with E-state index < -0.39 is 37.3 Å². The van der Waals surface area contributed by atoms with Gasteiger partial charge in [-0.05, 0) is 13.0 Å². The zero-order valence-corrected chi connectivity index (χ0v) is 12.8. The Kier molecular flexibility index (Phi) is 4.64. The Balaban J connectivity index is 2.55. The fourth-order valence-corrected chi connectivity index (χ4v) is 4.05. The monoisotopic (exact) mass is 353 g/mol. The fraction of sp³-hybridized carbons (Fsp3) is 0.500. The molecule has 0 saturated carbocycles. The molecule has 2 rings (SSSR count). The summed E-state index contributed by atoms with van der Waals surface area (Å²) in [6.07, 6.45) is -5.02. The van der Waals surface area contributed by atoms with Crippen molar-refractivity contribution >= 4 is 15.7 Å². The second-order valence-electron chi connectivity index (χ2n) is 5.15. The first-order chi connectivity index (χ1) is 10.5. The van der Waals surface area contributed by atoms with Gasteiger partial charge >= 0.3 is 6.18 Å². The van der Waals surface area contributed by atoms with Crippen LogP contribution in [0.25, 0.3) is 0 Å². The minimum atomic E-state index is -5.02. The second kappa shape index (κ2) is 6.06. The average molecular weight is 353 g/mol. The van der Waals surface area contributed by atoms with Crippen LogP contribution in [-0.4, -0.2) is 43.3 Å². The Labute approximate surface area is 130 Å². The van der Waals surface area contributed by atoms with Crippen LogP contribution in [0.4, 0.5) is 18.9 Å². The quantitative estimate of drug-likeness (QED) is 0.658. The van der Waals surface area contributed by atoms with Crippen molar-refractivity contribution in [1.82, 2.24) is 9.62 Å². The lowest BCUT2D eigenvalue weighted by molar-refractivity contribution is -0.385. The topological polar surface area (TPSA) is 92.5 Å². The summed E-state index contributed by atoms with van der Waals surface area (Å²) in [5.74, 6) is 0. The number of hydrogen-bond acceptors (Lipinski definition) is 5. The van der Waals surface area contributed by atoms with E-state index in [4.69, 9.17) is 0 Å². The molecule has 1 N–H and O–H groups in total.